The maximum atomic E-state index is 13.4. The van der Waals surface area contributed by atoms with Crippen LogP contribution in [0, 0.1) is 0 Å². The third kappa shape index (κ3) is 6.09. The van der Waals surface area contributed by atoms with Crippen molar-refractivity contribution in [3.8, 4) is 0 Å². The summed E-state index contributed by atoms with van der Waals surface area (Å²) < 4.78 is 30.3. The summed E-state index contributed by atoms with van der Waals surface area (Å²) in [6.45, 7) is 0. The Hall–Kier alpha value is -3.96. The van der Waals surface area contributed by atoms with Crippen LogP contribution in [0.5, 0.6) is 0 Å². The Morgan fingerprint density at radius 3 is 2.56 bits per heavy atom. The highest BCUT2D eigenvalue weighted by Crippen LogP contribution is 2.35. The predicted molar refractivity (Wildman–Crippen MR) is 127 cm³/mol. The second kappa shape index (κ2) is 10.3. The van der Waals surface area contributed by atoms with Gasteiger partial charge in [0, 0.05) is 6.42 Å². The Balaban J connectivity index is 1.96. The zero-order valence-corrected chi connectivity index (χ0v) is 19.0. The molecule has 34 heavy (non-hydrogen) atoms. The van der Waals surface area contributed by atoms with Crippen LogP contribution in [-0.2, 0) is 20.4 Å². The first kappa shape index (κ1) is 24.7. The number of nitrogens with one attached hydrogen (secondary N) is 2. The van der Waals surface area contributed by atoms with Crippen molar-refractivity contribution < 1.29 is 27.8 Å². The second-order valence-corrected chi connectivity index (χ2v) is 9.39. The predicted octanol–water partition coefficient (Wildman–Crippen LogP) is 2.02. The van der Waals surface area contributed by atoms with Gasteiger partial charge >= 0.3 is 12.0 Å². The standard InChI is InChI=1S/C23H25N5O5S/c24-22(31)28(25)16-26-19-9-4-10-20(14-19)34(32,33)27-23(18-7-2-1-3-8-18)13-5-6-17(15-23)11-12-21(29)30/h1-10,14-16,27H,11-13,25H2,(H3,24,29,30,31)/p+1. The molecule has 2 aromatic carbocycles. The van der Waals surface area contributed by atoms with Crippen molar-refractivity contribution >= 4 is 34.0 Å². The quantitative estimate of drug-likeness (QED) is 0.0906. The van der Waals surface area contributed by atoms with Gasteiger partial charge in [0.2, 0.25) is 16.4 Å². The summed E-state index contributed by atoms with van der Waals surface area (Å²) >= 11 is 0. The number of benzene rings is 2. The molecule has 7 N–H and O–H groups in total. The highest BCUT2D eigenvalue weighted by atomic mass is 32.2. The van der Waals surface area contributed by atoms with Gasteiger partial charge in [-0.1, -0.05) is 54.6 Å². The lowest BCUT2D eigenvalue weighted by molar-refractivity contribution is -0.432. The number of amides is 2. The normalized spacial score (nSPS) is 18.2. The summed E-state index contributed by atoms with van der Waals surface area (Å²) in [5.41, 5.74) is 5.78. The summed E-state index contributed by atoms with van der Waals surface area (Å²) in [7, 11) is -4.03. The van der Waals surface area contributed by atoms with E-state index in [-0.39, 0.29) is 17.7 Å². The average molecular weight is 485 g/mol. The summed E-state index contributed by atoms with van der Waals surface area (Å²) in [5, 5.41) is 11.8. The van der Waals surface area contributed by atoms with Gasteiger partial charge in [-0.3, -0.25) is 21.7 Å². The molecular formula is C23H26N5O5S+. The van der Waals surface area contributed by atoms with E-state index in [1.807, 2.05) is 42.5 Å². The van der Waals surface area contributed by atoms with Crippen LogP contribution in [0.2, 0.25) is 0 Å². The van der Waals surface area contributed by atoms with Gasteiger partial charge in [0.1, 0.15) is 0 Å². The molecule has 0 saturated heterocycles. The fourth-order valence-electron chi connectivity index (χ4n) is 3.55. The van der Waals surface area contributed by atoms with Crippen molar-refractivity contribution in [1.29, 1.82) is 0 Å². The Morgan fingerprint density at radius 2 is 1.88 bits per heavy atom. The molecule has 0 fully saturated rings. The second-order valence-electron chi connectivity index (χ2n) is 7.71. The Kier molecular flexibility index (Phi) is 7.49. The highest BCUT2D eigenvalue weighted by molar-refractivity contribution is 7.89. The van der Waals surface area contributed by atoms with E-state index in [1.54, 1.807) is 18.2 Å². The third-order valence-electron chi connectivity index (χ3n) is 5.21. The van der Waals surface area contributed by atoms with E-state index in [1.165, 1.54) is 12.1 Å². The molecule has 2 aromatic rings. The molecule has 0 bridgehead atoms. The topological polar surface area (TPSA) is 168 Å². The van der Waals surface area contributed by atoms with Crippen LogP contribution in [0.4, 0.5) is 10.5 Å². The lowest BCUT2D eigenvalue weighted by Gasteiger charge is -2.34. The number of urea groups is 1. The molecule has 1 unspecified atom stereocenters. The van der Waals surface area contributed by atoms with Crippen LogP contribution in [0.1, 0.15) is 24.8 Å². The number of hydrazine groups is 1. The molecule has 1 atom stereocenters. The van der Waals surface area contributed by atoms with Crippen LogP contribution in [0.25, 0.3) is 0 Å². The lowest BCUT2D eigenvalue weighted by Crippen LogP contribution is -2.45. The first-order valence-electron chi connectivity index (χ1n) is 10.3. The van der Waals surface area contributed by atoms with E-state index in [2.05, 4.69) is 10.0 Å². The Bertz CT molecular complexity index is 1270. The van der Waals surface area contributed by atoms with Crippen LogP contribution in [0.15, 0.2) is 83.3 Å². The Morgan fingerprint density at radius 1 is 1.15 bits per heavy atom. The maximum Gasteiger partial charge on any atom is 0.455 e. The molecule has 0 spiro atoms. The lowest BCUT2D eigenvalue weighted by atomic mass is 9.82. The molecule has 0 heterocycles. The highest BCUT2D eigenvalue weighted by Gasteiger charge is 2.36. The molecule has 178 valence electrons. The summed E-state index contributed by atoms with van der Waals surface area (Å²) in [6.07, 6.45) is 7.08. The van der Waals surface area contributed by atoms with Crippen molar-refractivity contribution in [2.45, 2.75) is 29.7 Å². The smallest absolute Gasteiger partial charge is 0.455 e. The molecule has 1 aliphatic rings. The molecule has 0 saturated carbocycles. The van der Waals surface area contributed by atoms with Crippen LogP contribution >= 0.6 is 0 Å². The van der Waals surface area contributed by atoms with Gasteiger partial charge in [0.25, 0.3) is 0 Å². The van der Waals surface area contributed by atoms with Gasteiger partial charge < -0.3 is 5.11 Å². The molecule has 0 aromatic heterocycles. The van der Waals surface area contributed by atoms with Crippen molar-refractivity contribution in [1.82, 2.24) is 4.72 Å². The summed E-state index contributed by atoms with van der Waals surface area (Å²) in [5.74, 6) is 4.48. The zero-order valence-electron chi connectivity index (χ0n) is 18.2. The number of hydrogen-bond donors (Lipinski definition) is 5. The number of anilines is 1. The van der Waals surface area contributed by atoms with Crippen LogP contribution < -0.4 is 21.6 Å². The van der Waals surface area contributed by atoms with E-state index in [0.29, 0.717) is 16.8 Å². The molecule has 10 nitrogen and oxygen atoms in total. The molecule has 0 radical (unpaired) electrons. The fourth-order valence-corrected chi connectivity index (χ4v) is 4.95. The van der Waals surface area contributed by atoms with Gasteiger partial charge in [0.05, 0.1) is 16.1 Å². The summed E-state index contributed by atoms with van der Waals surface area (Å²) in [4.78, 5) is 22.1. The number of primary amides is 1. The Labute approximate surface area is 197 Å². The maximum absolute atomic E-state index is 13.4. The van der Waals surface area contributed by atoms with E-state index in [4.69, 9.17) is 16.7 Å². The summed E-state index contributed by atoms with van der Waals surface area (Å²) in [6, 6.07) is 14.2. The largest absolute Gasteiger partial charge is 0.481 e. The molecule has 1 aliphatic carbocycles. The number of carbonyl (C=O) groups is 2. The molecule has 0 aliphatic heterocycles. The minimum absolute atomic E-state index is 0.0149. The number of allylic oxidation sites excluding steroid dienone is 2. The number of rotatable bonds is 9. The number of carboxylic acid groups (broad SMARTS) is 1. The van der Waals surface area contributed by atoms with Crippen molar-refractivity contribution in [2.24, 2.45) is 11.6 Å². The monoisotopic (exact) mass is 484 g/mol. The van der Waals surface area contributed by atoms with Crippen molar-refractivity contribution in [3.63, 3.8) is 0 Å². The van der Waals surface area contributed by atoms with Crippen molar-refractivity contribution in [2.75, 3.05) is 5.32 Å². The number of hydrogen-bond acceptors (Lipinski definition) is 5. The van der Waals surface area contributed by atoms with E-state index in [0.717, 1.165) is 17.5 Å². The molecule has 11 heteroatoms. The van der Waals surface area contributed by atoms with Gasteiger partial charge in [-0.25, -0.2) is 13.2 Å². The molecule has 2 amide bonds. The molecule has 3 rings (SSSR count). The van der Waals surface area contributed by atoms with Crippen LogP contribution in [-0.4, -0.2) is 36.5 Å². The fraction of sp³-hybridized carbons (Fsp3) is 0.174. The third-order valence-corrected chi connectivity index (χ3v) is 6.71. The average Bonchev–Trinajstić information content (AvgIpc) is 2.82. The first-order chi connectivity index (χ1) is 16.1. The van der Waals surface area contributed by atoms with E-state index >= 15 is 0 Å². The number of carboxylic acids is 1. The molecular weight excluding hydrogens is 458 g/mol. The minimum atomic E-state index is -4.03. The van der Waals surface area contributed by atoms with Crippen LogP contribution in [0.3, 0.4) is 0 Å². The minimum Gasteiger partial charge on any atom is -0.481 e. The number of aliphatic carboxylic acids is 1. The first-order valence-corrected chi connectivity index (χ1v) is 11.8. The van der Waals surface area contributed by atoms with Gasteiger partial charge in [0.15, 0.2) is 0 Å². The van der Waals surface area contributed by atoms with Gasteiger partial charge in [-0.2, -0.15) is 4.72 Å². The number of hydrazone groups is 1. The SMILES string of the molecule is NC(=O)[N+](N)=CNc1cccc(S(=O)(=O)NC2(c3ccccc3)C=C(CCC(=O)O)C=CC2)c1. The van der Waals surface area contributed by atoms with Crippen molar-refractivity contribution in [3.05, 3.63) is 84.0 Å². The van der Waals surface area contributed by atoms with E-state index in [9.17, 15) is 18.0 Å². The zero-order chi connectivity index (χ0) is 24.8. The van der Waals surface area contributed by atoms with E-state index < -0.39 is 27.6 Å². The van der Waals surface area contributed by atoms with Gasteiger partial charge in [-0.15, -0.1) is 4.68 Å². The number of nitrogens with zero attached hydrogens (tertiary/aromatic N) is 1. The number of sulfonamides is 1. The number of nitrogens with two attached hydrogens (primary N) is 2. The van der Waals surface area contributed by atoms with Gasteiger partial charge in [-0.05, 0) is 42.2 Å². The number of carbonyl (C=O) groups excluding carboxylic acids is 1.